The van der Waals surface area contributed by atoms with Crippen molar-refractivity contribution in [3.63, 3.8) is 0 Å². The van der Waals surface area contributed by atoms with Crippen LogP contribution in [0.3, 0.4) is 0 Å². The van der Waals surface area contributed by atoms with Crippen LogP contribution in [0.15, 0.2) is 119 Å². The molecule has 0 radical (unpaired) electrons. The number of carbonyl (C=O) groups excluding carboxylic acids is 2. The first-order valence-electron chi connectivity index (χ1n) is 19.0. The van der Waals surface area contributed by atoms with E-state index in [4.69, 9.17) is 28.9 Å². The van der Waals surface area contributed by atoms with Gasteiger partial charge < -0.3 is 5.73 Å². The Morgan fingerprint density at radius 2 is 0.953 bits per heavy atom. The van der Waals surface area contributed by atoms with Gasteiger partial charge >= 0.3 is 0 Å². The first-order valence-corrected chi connectivity index (χ1v) is 24.6. The third-order valence-corrected chi connectivity index (χ3v) is 12.7. The smallest absolute Gasteiger partial charge is 0.261 e. The zero-order chi connectivity index (χ0) is 47.4. The lowest BCUT2D eigenvalue weighted by Gasteiger charge is -2.19. The second-order valence-corrected chi connectivity index (χ2v) is 22.2. The number of sulfonamides is 3. The summed E-state index contributed by atoms with van der Waals surface area (Å²) in [5, 5.41) is 0.283. The topological polar surface area (TPSA) is 250 Å². The van der Waals surface area contributed by atoms with E-state index in [1.54, 1.807) is 30.3 Å². The minimum absolute atomic E-state index is 0.00338. The molecule has 4 heterocycles. The summed E-state index contributed by atoms with van der Waals surface area (Å²) >= 11 is 12.0. The first kappa shape index (κ1) is 49.0. The van der Waals surface area contributed by atoms with E-state index >= 15 is 0 Å². The van der Waals surface area contributed by atoms with E-state index < -0.39 is 41.6 Å². The van der Waals surface area contributed by atoms with Crippen molar-refractivity contribution in [2.24, 2.45) is 0 Å². The van der Waals surface area contributed by atoms with E-state index in [2.05, 4.69) is 34.1 Å². The molecule has 0 saturated heterocycles. The highest BCUT2D eigenvalue weighted by molar-refractivity contribution is 7.93. The number of nitrogen functional groups attached to an aromatic ring is 1. The molecular weight excluding hydrogens is 924 g/mol. The molecule has 0 atom stereocenters. The van der Waals surface area contributed by atoms with Gasteiger partial charge in [-0.2, -0.15) is 0 Å². The predicted molar refractivity (Wildman–Crippen MR) is 249 cm³/mol. The van der Waals surface area contributed by atoms with Gasteiger partial charge in [0, 0.05) is 12.4 Å². The number of nitrogens with two attached hydrogens (primary N) is 1. The van der Waals surface area contributed by atoms with Crippen LogP contribution >= 0.6 is 23.2 Å². The zero-order valence-electron chi connectivity index (χ0n) is 35.5. The van der Waals surface area contributed by atoms with Gasteiger partial charge in [-0.15, -0.1) is 0 Å². The lowest BCUT2D eigenvalue weighted by Crippen LogP contribution is -2.18. The highest BCUT2D eigenvalue weighted by Crippen LogP contribution is 2.29. The fraction of sp³-hybridized carbons (Fsp3) is 0.209. The molecule has 0 spiro atoms. The summed E-state index contributed by atoms with van der Waals surface area (Å²) in [6.07, 6.45) is 3.41. The number of rotatable bonds is 12. The van der Waals surface area contributed by atoms with E-state index in [1.807, 2.05) is 41.5 Å². The van der Waals surface area contributed by atoms with Gasteiger partial charge in [0.2, 0.25) is 21.6 Å². The van der Waals surface area contributed by atoms with Crippen molar-refractivity contribution in [1.29, 1.82) is 0 Å². The Morgan fingerprint density at radius 3 is 1.33 bits per heavy atom. The van der Waals surface area contributed by atoms with E-state index in [0.717, 1.165) is 17.4 Å². The van der Waals surface area contributed by atoms with E-state index in [-0.39, 0.29) is 76.5 Å². The lowest BCUT2D eigenvalue weighted by molar-refractivity contribution is 0.102. The van der Waals surface area contributed by atoms with Crippen LogP contribution in [0.5, 0.6) is 0 Å². The van der Waals surface area contributed by atoms with Crippen molar-refractivity contribution in [3.05, 3.63) is 153 Å². The van der Waals surface area contributed by atoms with Crippen LogP contribution in [0.2, 0.25) is 10.0 Å². The summed E-state index contributed by atoms with van der Waals surface area (Å²) in [6, 6.07) is 24.3. The number of benzene rings is 2. The number of aromatic nitrogens is 4. The Balaban J connectivity index is 0.000000243. The molecule has 0 aliphatic heterocycles. The quantitative estimate of drug-likeness (QED) is 0.0854. The SMILES string of the molecule is CC(C)(C)c1ccc(S(=O)(=O)Nc2cc(Cl)cnc2C(=O)c2cccc(N)n2)cc1.CC(C)(C)c1ccc(S(=O)(=O)Nc2cc(Cl)cnc2C(=O)c2cccc(NS(C)(=O)=O)n2)cc1. The number of ketones is 2. The van der Waals surface area contributed by atoms with E-state index in [0.29, 0.717) is 0 Å². The summed E-state index contributed by atoms with van der Waals surface area (Å²) in [6.45, 7) is 12.1. The molecule has 0 aliphatic carbocycles. The van der Waals surface area contributed by atoms with Crippen LogP contribution in [-0.4, -0.2) is 63.0 Å². The van der Waals surface area contributed by atoms with Crippen molar-refractivity contribution < 1.29 is 34.8 Å². The van der Waals surface area contributed by atoms with Crippen LogP contribution in [0.4, 0.5) is 23.0 Å². The van der Waals surface area contributed by atoms with Gasteiger partial charge in [-0.05, 0) is 82.6 Å². The molecule has 64 heavy (non-hydrogen) atoms. The van der Waals surface area contributed by atoms with Gasteiger partial charge in [-0.25, -0.2) is 45.2 Å². The maximum Gasteiger partial charge on any atom is 0.261 e. The fourth-order valence-corrected chi connectivity index (χ4v) is 8.62. The Bertz CT molecular complexity index is 3070. The average molecular weight is 968 g/mol. The van der Waals surface area contributed by atoms with E-state index in [9.17, 15) is 34.8 Å². The molecule has 0 fully saturated rings. The van der Waals surface area contributed by atoms with Gasteiger partial charge in [0.25, 0.3) is 20.0 Å². The standard InChI is InChI=1S/C22H23ClN4O5S2.C21H21ClN4O3S/c1-22(2,3)14-8-10-16(11-9-14)34(31,32)26-18-12-15(23)13-24-20(18)21(28)17-6-5-7-19(25-17)27-33(4,29)30;1-21(2,3)13-7-9-15(10-8-13)30(28,29)26-17-11-14(22)12-24-19(17)20(27)16-5-4-6-18(23)25-16/h5-13,26H,1-4H3,(H,25,27);4-12,26H,1-3H3,(H2,23,25). The fourth-order valence-electron chi connectivity index (χ4n) is 5.70. The molecule has 21 heteroatoms. The third kappa shape index (κ3) is 12.8. The number of halogens is 2. The molecule has 0 saturated carbocycles. The number of nitrogens with zero attached hydrogens (tertiary/aromatic N) is 4. The minimum Gasteiger partial charge on any atom is -0.384 e. The summed E-state index contributed by atoms with van der Waals surface area (Å²) in [5.41, 5.74) is 6.67. The molecule has 0 unspecified atom stereocenters. The van der Waals surface area contributed by atoms with Gasteiger partial charge in [-0.1, -0.05) is 101 Å². The molecule has 2 aromatic carbocycles. The molecule has 0 amide bonds. The molecule has 336 valence electrons. The zero-order valence-corrected chi connectivity index (χ0v) is 39.5. The maximum atomic E-state index is 13.1. The molecule has 6 rings (SSSR count). The van der Waals surface area contributed by atoms with E-state index in [1.165, 1.54) is 79.1 Å². The highest BCUT2D eigenvalue weighted by atomic mass is 35.5. The Kier molecular flexibility index (Phi) is 14.6. The normalized spacial score (nSPS) is 12.1. The molecule has 16 nitrogen and oxygen atoms in total. The Hall–Kier alpha value is -5.99. The highest BCUT2D eigenvalue weighted by Gasteiger charge is 2.25. The van der Waals surface area contributed by atoms with Crippen molar-refractivity contribution in [2.75, 3.05) is 26.2 Å². The number of nitrogens with one attached hydrogen (secondary N) is 3. The van der Waals surface area contributed by atoms with Gasteiger partial charge in [0.1, 0.15) is 34.4 Å². The van der Waals surface area contributed by atoms with Crippen LogP contribution in [-0.2, 0) is 40.9 Å². The monoisotopic (exact) mass is 966 g/mol. The number of hydrogen-bond acceptors (Lipinski definition) is 13. The summed E-state index contributed by atoms with van der Waals surface area (Å²) in [7, 11) is -11.7. The van der Waals surface area contributed by atoms with Crippen molar-refractivity contribution in [3.8, 4) is 0 Å². The predicted octanol–water partition coefficient (Wildman–Crippen LogP) is 7.87. The van der Waals surface area contributed by atoms with Crippen LogP contribution in [0.25, 0.3) is 0 Å². The summed E-state index contributed by atoms with van der Waals surface area (Å²) in [4.78, 5) is 42.0. The first-order chi connectivity index (χ1) is 29.6. The minimum atomic E-state index is -4.08. The van der Waals surface area contributed by atoms with Crippen molar-refractivity contribution in [1.82, 2.24) is 19.9 Å². The Morgan fingerprint density at radius 1 is 0.562 bits per heavy atom. The molecule has 0 bridgehead atoms. The summed E-state index contributed by atoms with van der Waals surface area (Å²) < 4.78 is 81.7. The molecular formula is C43H44Cl2N8O8S3. The largest absolute Gasteiger partial charge is 0.384 e. The van der Waals surface area contributed by atoms with Gasteiger partial charge in [0.05, 0.1) is 37.5 Å². The molecule has 0 aliphatic rings. The molecule has 6 aromatic rings. The third-order valence-electron chi connectivity index (χ3n) is 8.96. The molecule has 5 N–H and O–H groups in total. The van der Waals surface area contributed by atoms with Gasteiger partial charge in [-0.3, -0.25) is 23.8 Å². The van der Waals surface area contributed by atoms with Crippen molar-refractivity contribution >= 4 is 87.8 Å². The summed E-state index contributed by atoms with van der Waals surface area (Å²) in [5.74, 6) is -1.21. The lowest BCUT2D eigenvalue weighted by atomic mass is 9.87. The average Bonchev–Trinajstić information content (AvgIpc) is 3.19. The second-order valence-electron chi connectivity index (χ2n) is 16.2. The van der Waals surface area contributed by atoms with Crippen LogP contribution < -0.4 is 19.9 Å². The van der Waals surface area contributed by atoms with Gasteiger partial charge in [0.15, 0.2) is 0 Å². The molecule has 4 aromatic heterocycles. The number of hydrogen-bond donors (Lipinski definition) is 4. The Labute approximate surface area is 382 Å². The number of anilines is 4. The van der Waals surface area contributed by atoms with Crippen LogP contribution in [0, 0.1) is 0 Å². The number of pyridine rings is 4. The second kappa shape index (κ2) is 19.0. The van der Waals surface area contributed by atoms with Crippen molar-refractivity contribution in [2.45, 2.75) is 62.2 Å². The maximum absolute atomic E-state index is 13.1. The van der Waals surface area contributed by atoms with Crippen LogP contribution in [0.1, 0.15) is 85.0 Å². The number of carbonyl (C=O) groups is 2.